The first kappa shape index (κ1) is 17.2. The summed E-state index contributed by atoms with van der Waals surface area (Å²) in [6.45, 7) is 6.62. The van der Waals surface area contributed by atoms with Crippen LogP contribution in [-0.2, 0) is 25.5 Å². The van der Waals surface area contributed by atoms with Crippen LogP contribution in [0.2, 0.25) is 0 Å². The molecule has 21 heavy (non-hydrogen) atoms. The molecule has 1 aromatic heterocycles. The van der Waals surface area contributed by atoms with Crippen LogP contribution in [0.1, 0.15) is 41.6 Å². The Labute approximate surface area is 127 Å². The Hall–Kier alpha value is -1.89. The average Bonchev–Trinajstić information content (AvgIpc) is 2.72. The zero-order valence-electron chi connectivity index (χ0n) is 12.6. The van der Waals surface area contributed by atoms with E-state index in [4.69, 9.17) is 4.74 Å². The number of anilines is 1. The first-order chi connectivity index (χ1) is 9.90. The van der Waals surface area contributed by atoms with Gasteiger partial charge < -0.3 is 14.8 Å². The number of ether oxygens (including phenoxy) is 2. The lowest BCUT2D eigenvalue weighted by molar-refractivity contribution is -0.144. The average molecular weight is 313 g/mol. The van der Waals surface area contributed by atoms with Gasteiger partial charge >= 0.3 is 11.9 Å². The maximum Gasteiger partial charge on any atom is 0.341 e. The number of hydrogen-bond donors (Lipinski definition) is 1. The van der Waals surface area contributed by atoms with Crippen LogP contribution in [0.3, 0.4) is 0 Å². The van der Waals surface area contributed by atoms with Crippen LogP contribution in [0.4, 0.5) is 5.00 Å². The molecule has 0 bridgehead atoms. The Morgan fingerprint density at radius 3 is 2.38 bits per heavy atom. The van der Waals surface area contributed by atoms with Gasteiger partial charge in [-0.2, -0.15) is 0 Å². The normalized spacial score (nSPS) is 10.1. The van der Waals surface area contributed by atoms with Gasteiger partial charge in [-0.1, -0.05) is 6.92 Å². The van der Waals surface area contributed by atoms with Crippen molar-refractivity contribution in [3.8, 4) is 0 Å². The van der Waals surface area contributed by atoms with E-state index < -0.39 is 17.8 Å². The van der Waals surface area contributed by atoms with Gasteiger partial charge in [0.2, 0.25) is 0 Å². The summed E-state index contributed by atoms with van der Waals surface area (Å²) < 4.78 is 9.64. The summed E-state index contributed by atoms with van der Waals surface area (Å²) in [5.41, 5.74) is 1.18. The number of nitrogens with one attached hydrogen (secondary N) is 1. The lowest BCUT2D eigenvalue weighted by Crippen LogP contribution is -2.20. The summed E-state index contributed by atoms with van der Waals surface area (Å²) in [6, 6.07) is 0. The van der Waals surface area contributed by atoms with E-state index in [0.717, 1.165) is 16.9 Å². The molecule has 0 saturated carbocycles. The van der Waals surface area contributed by atoms with E-state index in [9.17, 15) is 14.4 Å². The predicted molar refractivity (Wildman–Crippen MR) is 79.7 cm³/mol. The third-order valence-electron chi connectivity index (χ3n) is 2.71. The van der Waals surface area contributed by atoms with Crippen LogP contribution in [-0.4, -0.2) is 31.1 Å². The van der Waals surface area contributed by atoms with Crippen molar-refractivity contribution in [1.82, 2.24) is 0 Å². The Bertz CT molecular complexity index is 550. The Morgan fingerprint density at radius 1 is 1.19 bits per heavy atom. The van der Waals surface area contributed by atoms with Gasteiger partial charge in [0.15, 0.2) is 6.61 Å². The Kier molecular flexibility index (Phi) is 6.36. The number of aryl methyl sites for hydroxylation is 1. The first-order valence-electron chi connectivity index (χ1n) is 6.63. The molecule has 7 heteroatoms. The summed E-state index contributed by atoms with van der Waals surface area (Å²) >= 11 is 1.33. The van der Waals surface area contributed by atoms with Crippen molar-refractivity contribution < 1.29 is 23.9 Å². The molecule has 6 nitrogen and oxygen atoms in total. The molecule has 0 saturated heterocycles. The van der Waals surface area contributed by atoms with Crippen molar-refractivity contribution in [2.24, 2.45) is 0 Å². The van der Waals surface area contributed by atoms with E-state index in [0.29, 0.717) is 10.6 Å². The molecule has 0 aromatic carbocycles. The smallest absolute Gasteiger partial charge is 0.341 e. The Morgan fingerprint density at radius 2 is 1.86 bits per heavy atom. The van der Waals surface area contributed by atoms with E-state index in [1.165, 1.54) is 18.3 Å². The van der Waals surface area contributed by atoms with Crippen molar-refractivity contribution in [1.29, 1.82) is 0 Å². The molecule has 1 rings (SSSR count). The van der Waals surface area contributed by atoms with E-state index in [-0.39, 0.29) is 13.2 Å². The quantitative estimate of drug-likeness (QED) is 0.815. The highest BCUT2D eigenvalue weighted by atomic mass is 32.1. The predicted octanol–water partition coefficient (Wildman–Crippen LogP) is 2.30. The lowest BCUT2D eigenvalue weighted by atomic mass is 10.1. The van der Waals surface area contributed by atoms with Crippen molar-refractivity contribution in [2.75, 3.05) is 18.5 Å². The fraction of sp³-hybridized carbons (Fsp3) is 0.500. The number of carbonyl (C=O) groups is 3. The third-order valence-corrected chi connectivity index (χ3v) is 4.06. The number of rotatable bonds is 6. The molecule has 1 amide bonds. The van der Waals surface area contributed by atoms with Crippen LogP contribution in [0.5, 0.6) is 0 Å². The second-order valence-electron chi connectivity index (χ2n) is 4.26. The molecular weight excluding hydrogens is 294 g/mol. The topological polar surface area (TPSA) is 81.7 Å². The third kappa shape index (κ3) is 4.56. The fourth-order valence-electron chi connectivity index (χ4n) is 1.76. The summed E-state index contributed by atoms with van der Waals surface area (Å²) in [5, 5.41) is 3.03. The van der Waals surface area contributed by atoms with E-state index in [1.54, 1.807) is 6.92 Å². The summed E-state index contributed by atoms with van der Waals surface area (Å²) in [4.78, 5) is 35.4. The minimum absolute atomic E-state index is 0.260. The monoisotopic (exact) mass is 313 g/mol. The highest BCUT2D eigenvalue weighted by Gasteiger charge is 2.23. The summed E-state index contributed by atoms with van der Waals surface area (Å²) in [7, 11) is 0. The molecular formula is C14H19NO5S. The second kappa shape index (κ2) is 7.78. The molecule has 1 aromatic rings. The lowest BCUT2D eigenvalue weighted by Gasteiger charge is -2.07. The number of thiophene rings is 1. The van der Waals surface area contributed by atoms with Crippen molar-refractivity contribution in [3.63, 3.8) is 0 Å². The zero-order valence-corrected chi connectivity index (χ0v) is 13.4. The molecule has 0 aliphatic heterocycles. The maximum atomic E-state index is 12.0. The first-order valence-corrected chi connectivity index (χ1v) is 7.44. The van der Waals surface area contributed by atoms with E-state index in [2.05, 4.69) is 10.1 Å². The highest BCUT2D eigenvalue weighted by Crippen LogP contribution is 2.34. The number of amides is 1. The largest absolute Gasteiger partial charge is 0.462 e. The number of carbonyl (C=O) groups excluding carboxylic acids is 3. The standard InChI is InChI=1S/C14H19NO5S/c1-5-10-8(3)12(14(18)19-6-2)13(21-10)15-11(17)7-20-9(4)16/h5-7H2,1-4H3,(H,15,17). The maximum absolute atomic E-state index is 12.0. The molecule has 0 aliphatic carbocycles. The van der Waals surface area contributed by atoms with Gasteiger partial charge in [0.1, 0.15) is 5.00 Å². The molecule has 1 heterocycles. The summed E-state index contributed by atoms with van der Waals surface area (Å²) in [5.74, 6) is -1.49. The van der Waals surface area contributed by atoms with Crippen LogP contribution >= 0.6 is 11.3 Å². The van der Waals surface area contributed by atoms with Gasteiger partial charge in [-0.05, 0) is 25.8 Å². The minimum Gasteiger partial charge on any atom is -0.462 e. The molecule has 0 aliphatic rings. The summed E-state index contributed by atoms with van der Waals surface area (Å²) in [6.07, 6.45) is 0.753. The SMILES string of the molecule is CCOC(=O)c1c(NC(=O)COC(C)=O)sc(CC)c1C. The van der Waals surface area contributed by atoms with Crippen LogP contribution in [0, 0.1) is 6.92 Å². The second-order valence-corrected chi connectivity index (χ2v) is 5.36. The van der Waals surface area contributed by atoms with Gasteiger partial charge in [0, 0.05) is 11.8 Å². The molecule has 0 unspecified atom stereocenters. The van der Waals surface area contributed by atoms with Gasteiger partial charge in [0.05, 0.1) is 12.2 Å². The van der Waals surface area contributed by atoms with Gasteiger partial charge in [0.25, 0.3) is 5.91 Å². The number of esters is 2. The molecule has 1 N–H and O–H groups in total. The fourth-order valence-corrected chi connectivity index (χ4v) is 2.91. The minimum atomic E-state index is -0.535. The van der Waals surface area contributed by atoms with Crippen LogP contribution in [0.25, 0.3) is 0 Å². The van der Waals surface area contributed by atoms with E-state index >= 15 is 0 Å². The van der Waals surface area contributed by atoms with Crippen LogP contribution in [0.15, 0.2) is 0 Å². The molecule has 0 fully saturated rings. The molecule has 0 radical (unpaired) electrons. The van der Waals surface area contributed by atoms with Gasteiger partial charge in [-0.25, -0.2) is 4.79 Å². The zero-order chi connectivity index (χ0) is 16.0. The van der Waals surface area contributed by atoms with Gasteiger partial charge in [-0.15, -0.1) is 11.3 Å². The molecule has 0 atom stereocenters. The highest BCUT2D eigenvalue weighted by molar-refractivity contribution is 7.17. The van der Waals surface area contributed by atoms with Crippen LogP contribution < -0.4 is 5.32 Å². The Balaban J connectivity index is 2.97. The van der Waals surface area contributed by atoms with Gasteiger partial charge in [-0.3, -0.25) is 9.59 Å². The van der Waals surface area contributed by atoms with Crippen molar-refractivity contribution >= 4 is 34.2 Å². The molecule has 116 valence electrons. The van der Waals surface area contributed by atoms with Crippen molar-refractivity contribution in [2.45, 2.75) is 34.1 Å². The van der Waals surface area contributed by atoms with Crippen molar-refractivity contribution in [3.05, 3.63) is 16.0 Å². The number of hydrogen-bond acceptors (Lipinski definition) is 6. The van der Waals surface area contributed by atoms with E-state index in [1.807, 2.05) is 13.8 Å². The molecule has 0 spiro atoms.